The number of oxazole rings is 1. The van der Waals surface area contributed by atoms with Crippen LogP contribution in [-0.4, -0.2) is 17.4 Å². The van der Waals surface area contributed by atoms with Crippen molar-refractivity contribution in [1.82, 2.24) is 10.3 Å². The van der Waals surface area contributed by atoms with Gasteiger partial charge in [-0.2, -0.15) is 0 Å². The number of aromatic nitrogens is 1. The molecule has 0 saturated heterocycles. The number of anilines is 2. The molecule has 5 nitrogen and oxygen atoms in total. The fourth-order valence-electron chi connectivity index (χ4n) is 2.68. The lowest BCUT2D eigenvalue weighted by Gasteiger charge is -2.05. The third kappa shape index (κ3) is 4.07. The Kier molecular flexibility index (Phi) is 4.84. The van der Waals surface area contributed by atoms with Crippen LogP contribution in [0.3, 0.4) is 0 Å². The predicted molar refractivity (Wildman–Crippen MR) is 99.1 cm³/mol. The summed E-state index contributed by atoms with van der Waals surface area (Å²) in [6.45, 7) is 6.60. The van der Waals surface area contributed by atoms with E-state index >= 15 is 0 Å². The lowest BCUT2D eigenvalue weighted by atomic mass is 10.1. The van der Waals surface area contributed by atoms with Gasteiger partial charge in [-0.25, -0.2) is 4.98 Å². The number of nitrogens with one attached hydrogen (secondary N) is 2. The molecule has 25 heavy (non-hydrogen) atoms. The zero-order valence-electron chi connectivity index (χ0n) is 14.6. The molecule has 0 atom stereocenters. The molecular weight excluding hydrogens is 314 g/mol. The molecule has 2 N–H and O–H groups in total. The minimum absolute atomic E-state index is 0.0798. The van der Waals surface area contributed by atoms with Crippen molar-refractivity contribution in [1.29, 1.82) is 0 Å². The van der Waals surface area contributed by atoms with E-state index in [9.17, 15) is 4.79 Å². The van der Waals surface area contributed by atoms with E-state index in [0.717, 1.165) is 11.3 Å². The summed E-state index contributed by atoms with van der Waals surface area (Å²) in [4.78, 5) is 16.1. The van der Waals surface area contributed by atoms with Crippen molar-refractivity contribution in [3.05, 3.63) is 65.4 Å². The number of carbonyl (C=O) groups is 1. The van der Waals surface area contributed by atoms with E-state index in [2.05, 4.69) is 35.5 Å². The topological polar surface area (TPSA) is 67.2 Å². The van der Waals surface area contributed by atoms with Crippen LogP contribution in [0.5, 0.6) is 0 Å². The van der Waals surface area contributed by atoms with Gasteiger partial charge in [0.1, 0.15) is 0 Å². The molecule has 0 saturated carbocycles. The molecule has 0 unspecified atom stereocenters. The maximum atomic E-state index is 11.8. The number of aryl methyl sites for hydroxylation is 2. The first kappa shape index (κ1) is 16.8. The van der Waals surface area contributed by atoms with Gasteiger partial charge in [-0.3, -0.25) is 4.79 Å². The highest BCUT2D eigenvalue weighted by atomic mass is 16.4. The van der Waals surface area contributed by atoms with Crippen LogP contribution < -0.4 is 10.6 Å². The van der Waals surface area contributed by atoms with Crippen molar-refractivity contribution in [2.45, 2.75) is 20.8 Å². The first-order valence-electron chi connectivity index (χ1n) is 8.25. The number of nitrogens with zero attached hydrogens (tertiary/aromatic N) is 1. The number of hydrogen-bond acceptors (Lipinski definition) is 4. The molecule has 0 bridgehead atoms. The Labute approximate surface area is 147 Å². The van der Waals surface area contributed by atoms with Crippen LogP contribution in [0.2, 0.25) is 0 Å². The van der Waals surface area contributed by atoms with Crippen LogP contribution in [0.25, 0.3) is 11.3 Å². The molecule has 1 amide bonds. The zero-order chi connectivity index (χ0) is 17.8. The van der Waals surface area contributed by atoms with Gasteiger partial charge in [0.15, 0.2) is 5.76 Å². The highest BCUT2D eigenvalue weighted by Gasteiger charge is 2.09. The van der Waals surface area contributed by atoms with E-state index < -0.39 is 0 Å². The van der Waals surface area contributed by atoms with Gasteiger partial charge < -0.3 is 15.1 Å². The molecule has 3 aromatic rings. The van der Waals surface area contributed by atoms with Crippen molar-refractivity contribution in [2.24, 2.45) is 0 Å². The van der Waals surface area contributed by atoms with Crippen molar-refractivity contribution >= 4 is 17.6 Å². The highest BCUT2D eigenvalue weighted by Crippen LogP contribution is 2.25. The normalized spacial score (nSPS) is 10.5. The summed E-state index contributed by atoms with van der Waals surface area (Å²) in [5.74, 6) is 0.568. The summed E-state index contributed by atoms with van der Waals surface area (Å²) in [6.07, 6.45) is 1.67. The number of rotatable bonds is 5. The Bertz CT molecular complexity index is 862. The first-order chi connectivity index (χ1) is 12.0. The Morgan fingerprint density at radius 3 is 2.40 bits per heavy atom. The molecule has 0 spiro atoms. The van der Waals surface area contributed by atoms with E-state index in [1.165, 1.54) is 11.1 Å². The second-order valence-corrected chi connectivity index (χ2v) is 5.97. The first-order valence-corrected chi connectivity index (χ1v) is 8.25. The average Bonchev–Trinajstić information content (AvgIpc) is 3.02. The Balaban J connectivity index is 1.75. The summed E-state index contributed by atoms with van der Waals surface area (Å²) in [5.41, 5.74) is 4.79. The molecule has 0 aliphatic rings. The summed E-state index contributed by atoms with van der Waals surface area (Å²) in [5, 5.41) is 5.96. The van der Waals surface area contributed by atoms with Gasteiger partial charge in [-0.05, 0) is 56.2 Å². The lowest BCUT2D eigenvalue weighted by molar-refractivity contribution is 0.0956. The van der Waals surface area contributed by atoms with E-state index in [4.69, 9.17) is 4.42 Å². The zero-order valence-corrected chi connectivity index (χ0v) is 14.6. The molecule has 0 aliphatic heterocycles. The largest absolute Gasteiger partial charge is 0.423 e. The lowest BCUT2D eigenvalue weighted by Crippen LogP contribution is -2.22. The van der Waals surface area contributed by atoms with Crippen LogP contribution >= 0.6 is 0 Å². The van der Waals surface area contributed by atoms with Gasteiger partial charge in [0.25, 0.3) is 11.9 Å². The standard InChI is InChI=1S/C20H21N3O2/c1-4-21-19(24)16-7-5-15(6-8-16)18-12-22-20(25-18)23-17-10-13(2)9-14(3)11-17/h5-12H,4H2,1-3H3,(H,21,24)(H,22,23). The Morgan fingerprint density at radius 1 is 1.08 bits per heavy atom. The second-order valence-electron chi connectivity index (χ2n) is 5.97. The quantitative estimate of drug-likeness (QED) is 0.723. The van der Waals surface area contributed by atoms with Crippen LogP contribution in [-0.2, 0) is 0 Å². The average molecular weight is 335 g/mol. The number of benzene rings is 2. The maximum Gasteiger partial charge on any atom is 0.299 e. The van der Waals surface area contributed by atoms with E-state index in [1.807, 2.05) is 31.2 Å². The van der Waals surface area contributed by atoms with Gasteiger partial charge >= 0.3 is 0 Å². The molecule has 3 rings (SSSR count). The summed E-state index contributed by atoms with van der Waals surface area (Å²) in [7, 11) is 0. The van der Waals surface area contributed by atoms with Crippen LogP contribution in [0.4, 0.5) is 11.7 Å². The Hall–Kier alpha value is -3.08. The minimum atomic E-state index is -0.0798. The Morgan fingerprint density at radius 2 is 1.76 bits per heavy atom. The molecule has 0 fully saturated rings. The van der Waals surface area contributed by atoms with E-state index in [0.29, 0.717) is 23.9 Å². The molecule has 2 aromatic carbocycles. The molecule has 5 heteroatoms. The van der Waals surface area contributed by atoms with Gasteiger partial charge in [-0.1, -0.05) is 18.2 Å². The minimum Gasteiger partial charge on any atom is -0.423 e. The molecule has 0 radical (unpaired) electrons. The fourth-order valence-corrected chi connectivity index (χ4v) is 2.68. The van der Waals surface area contributed by atoms with Crippen molar-refractivity contribution in [2.75, 3.05) is 11.9 Å². The van der Waals surface area contributed by atoms with Crippen LogP contribution in [0, 0.1) is 13.8 Å². The molecule has 0 aliphatic carbocycles. The molecule has 128 valence electrons. The van der Waals surface area contributed by atoms with Crippen molar-refractivity contribution < 1.29 is 9.21 Å². The van der Waals surface area contributed by atoms with Crippen molar-refractivity contribution in [3.8, 4) is 11.3 Å². The van der Waals surface area contributed by atoms with Gasteiger partial charge in [0.2, 0.25) is 0 Å². The molecule has 1 aromatic heterocycles. The molecular formula is C20H21N3O2. The monoisotopic (exact) mass is 335 g/mol. The third-order valence-electron chi connectivity index (χ3n) is 3.75. The van der Waals surface area contributed by atoms with Gasteiger partial charge in [0.05, 0.1) is 6.20 Å². The fraction of sp³-hybridized carbons (Fsp3) is 0.200. The summed E-state index contributed by atoms with van der Waals surface area (Å²) in [6, 6.07) is 13.9. The number of hydrogen-bond donors (Lipinski definition) is 2. The maximum absolute atomic E-state index is 11.8. The number of amides is 1. The second kappa shape index (κ2) is 7.21. The van der Waals surface area contributed by atoms with Crippen molar-refractivity contribution in [3.63, 3.8) is 0 Å². The van der Waals surface area contributed by atoms with E-state index in [1.54, 1.807) is 18.3 Å². The third-order valence-corrected chi connectivity index (χ3v) is 3.75. The van der Waals surface area contributed by atoms with Crippen LogP contribution in [0.1, 0.15) is 28.4 Å². The van der Waals surface area contributed by atoms with Crippen LogP contribution in [0.15, 0.2) is 53.1 Å². The molecule has 1 heterocycles. The summed E-state index contributed by atoms with van der Waals surface area (Å²) >= 11 is 0. The highest BCUT2D eigenvalue weighted by molar-refractivity contribution is 5.94. The summed E-state index contributed by atoms with van der Waals surface area (Å²) < 4.78 is 5.78. The SMILES string of the molecule is CCNC(=O)c1ccc(-c2cnc(Nc3cc(C)cc(C)c3)o2)cc1. The predicted octanol–water partition coefficient (Wildman–Crippen LogP) is 4.45. The number of carbonyl (C=O) groups excluding carboxylic acids is 1. The van der Waals surface area contributed by atoms with E-state index in [-0.39, 0.29) is 5.91 Å². The smallest absolute Gasteiger partial charge is 0.299 e. The van der Waals surface area contributed by atoms with Gasteiger partial charge in [0, 0.05) is 23.4 Å². The van der Waals surface area contributed by atoms with Gasteiger partial charge in [-0.15, -0.1) is 0 Å².